The van der Waals surface area contributed by atoms with Crippen LogP contribution in [0.5, 0.6) is 11.5 Å². The maximum absolute atomic E-state index is 5.66. The van der Waals surface area contributed by atoms with Crippen LogP contribution >= 0.6 is 0 Å². The normalized spacial score (nSPS) is 27.4. The Bertz CT molecular complexity index is 499. The van der Waals surface area contributed by atoms with E-state index >= 15 is 0 Å². The third-order valence-electron chi connectivity index (χ3n) is 4.73. The van der Waals surface area contributed by atoms with Gasteiger partial charge in [0, 0.05) is 18.6 Å². The third kappa shape index (κ3) is 3.54. The van der Waals surface area contributed by atoms with Crippen molar-refractivity contribution in [3.05, 3.63) is 23.8 Å². The molecule has 0 aliphatic carbocycles. The molecule has 2 aliphatic heterocycles. The van der Waals surface area contributed by atoms with Crippen molar-refractivity contribution in [2.24, 2.45) is 5.92 Å². The second-order valence-corrected chi connectivity index (χ2v) is 6.53. The summed E-state index contributed by atoms with van der Waals surface area (Å²) in [6.07, 6.45) is 1.20. The number of hydrazine groups is 1. The quantitative estimate of drug-likeness (QED) is 0.868. The zero-order chi connectivity index (χ0) is 15.5. The first-order valence-corrected chi connectivity index (χ1v) is 8.21. The molecule has 0 radical (unpaired) electrons. The molecule has 2 aliphatic rings. The summed E-state index contributed by atoms with van der Waals surface area (Å²) in [5, 5.41) is 0. The average Bonchev–Trinajstić information content (AvgIpc) is 2.84. The Balaban J connectivity index is 1.52. The van der Waals surface area contributed by atoms with E-state index in [4.69, 9.17) is 9.47 Å². The highest BCUT2D eigenvalue weighted by Gasteiger charge is 2.29. The molecule has 0 bridgehead atoms. The highest BCUT2D eigenvalue weighted by molar-refractivity contribution is 5.43. The zero-order valence-corrected chi connectivity index (χ0v) is 13.8. The number of hydrogen-bond acceptors (Lipinski definition) is 5. The van der Waals surface area contributed by atoms with E-state index in [1.54, 1.807) is 0 Å². The first kappa shape index (κ1) is 15.6. The van der Waals surface area contributed by atoms with Crippen LogP contribution in [0.2, 0.25) is 0 Å². The van der Waals surface area contributed by atoms with E-state index in [2.05, 4.69) is 48.8 Å². The molecule has 2 unspecified atom stereocenters. The van der Waals surface area contributed by atoms with Crippen molar-refractivity contribution in [1.29, 1.82) is 0 Å². The maximum atomic E-state index is 5.66. The van der Waals surface area contributed by atoms with Gasteiger partial charge in [0.1, 0.15) is 13.2 Å². The predicted molar refractivity (Wildman–Crippen MR) is 87.1 cm³/mol. The van der Waals surface area contributed by atoms with Crippen LogP contribution in [0.1, 0.15) is 25.8 Å². The minimum Gasteiger partial charge on any atom is -0.486 e. The van der Waals surface area contributed by atoms with E-state index < -0.39 is 0 Å². The highest BCUT2D eigenvalue weighted by atomic mass is 16.6. The van der Waals surface area contributed by atoms with Crippen LogP contribution in [0.3, 0.4) is 0 Å². The number of rotatable bonds is 5. The molecular formula is C17H27N3O2. The summed E-state index contributed by atoms with van der Waals surface area (Å²) in [5.74, 6) is 2.43. The van der Waals surface area contributed by atoms with Crippen LogP contribution in [0.15, 0.2) is 18.2 Å². The second-order valence-electron chi connectivity index (χ2n) is 6.53. The Morgan fingerprint density at radius 2 is 1.77 bits per heavy atom. The van der Waals surface area contributed by atoms with E-state index in [-0.39, 0.29) is 0 Å². The van der Waals surface area contributed by atoms with Crippen LogP contribution < -0.4 is 20.3 Å². The molecule has 122 valence electrons. The van der Waals surface area contributed by atoms with Gasteiger partial charge in [-0.2, -0.15) is 0 Å². The molecule has 0 spiro atoms. The summed E-state index contributed by atoms with van der Waals surface area (Å²) in [6, 6.07) is 7.34. The smallest absolute Gasteiger partial charge is 0.161 e. The molecule has 0 saturated carbocycles. The van der Waals surface area contributed by atoms with Gasteiger partial charge in [0.05, 0.1) is 0 Å². The average molecular weight is 305 g/mol. The van der Waals surface area contributed by atoms with Crippen LogP contribution in [-0.2, 0) is 6.54 Å². The van der Waals surface area contributed by atoms with Crippen molar-refractivity contribution in [2.75, 3.05) is 26.8 Å². The standard InChI is InChI=1S/C17H27N3O2/c1-12-15(13(2)19-18-12)6-7-20(3)11-14-4-5-16-17(10-14)22-9-8-21-16/h4-5,10,12-13,15,18-19H,6-9,11H2,1-3H3. The number of benzene rings is 1. The fourth-order valence-corrected chi connectivity index (χ4v) is 3.36. The van der Waals surface area contributed by atoms with Gasteiger partial charge in [-0.05, 0) is 57.5 Å². The Morgan fingerprint density at radius 3 is 2.50 bits per heavy atom. The largest absolute Gasteiger partial charge is 0.486 e. The molecule has 5 nitrogen and oxygen atoms in total. The lowest BCUT2D eigenvalue weighted by Crippen LogP contribution is -2.30. The van der Waals surface area contributed by atoms with Gasteiger partial charge in [-0.15, -0.1) is 0 Å². The Hall–Kier alpha value is -1.30. The maximum Gasteiger partial charge on any atom is 0.161 e. The summed E-state index contributed by atoms with van der Waals surface area (Å²) < 4.78 is 11.2. The minimum absolute atomic E-state index is 0.540. The van der Waals surface area contributed by atoms with Crippen molar-refractivity contribution < 1.29 is 9.47 Å². The molecule has 1 aromatic rings. The van der Waals surface area contributed by atoms with Crippen molar-refractivity contribution >= 4 is 0 Å². The SMILES string of the molecule is CC1NNC(C)C1CCN(C)Cc1ccc2c(c1)OCCO2. The predicted octanol–water partition coefficient (Wildman–Crippen LogP) is 1.78. The molecule has 5 heteroatoms. The Kier molecular flexibility index (Phi) is 4.86. The topological polar surface area (TPSA) is 45.8 Å². The van der Waals surface area contributed by atoms with Gasteiger partial charge in [0.25, 0.3) is 0 Å². The molecule has 22 heavy (non-hydrogen) atoms. The van der Waals surface area contributed by atoms with Gasteiger partial charge in [-0.25, -0.2) is 0 Å². The van der Waals surface area contributed by atoms with Crippen LogP contribution in [0.25, 0.3) is 0 Å². The summed E-state index contributed by atoms with van der Waals surface area (Å²) in [4.78, 5) is 2.38. The number of hydrogen-bond donors (Lipinski definition) is 2. The lowest BCUT2D eigenvalue weighted by atomic mass is 9.93. The van der Waals surface area contributed by atoms with Crippen LogP contribution in [0.4, 0.5) is 0 Å². The summed E-state index contributed by atoms with van der Waals surface area (Å²) in [5.41, 5.74) is 7.93. The van der Waals surface area contributed by atoms with Crippen molar-refractivity contribution in [2.45, 2.75) is 38.9 Å². The van der Waals surface area contributed by atoms with Crippen molar-refractivity contribution in [1.82, 2.24) is 15.8 Å². The molecule has 2 heterocycles. The molecule has 0 amide bonds. The van der Waals surface area contributed by atoms with E-state index in [0.717, 1.165) is 24.6 Å². The fraction of sp³-hybridized carbons (Fsp3) is 0.647. The zero-order valence-electron chi connectivity index (χ0n) is 13.8. The molecule has 1 fully saturated rings. The number of nitrogens with one attached hydrogen (secondary N) is 2. The van der Waals surface area contributed by atoms with Gasteiger partial charge < -0.3 is 14.4 Å². The van der Waals surface area contributed by atoms with Gasteiger partial charge in [-0.1, -0.05) is 6.07 Å². The van der Waals surface area contributed by atoms with Crippen LogP contribution in [0, 0.1) is 5.92 Å². The minimum atomic E-state index is 0.540. The second kappa shape index (κ2) is 6.86. The molecule has 3 rings (SSSR count). The Morgan fingerprint density at radius 1 is 1.09 bits per heavy atom. The summed E-state index contributed by atoms with van der Waals surface area (Å²) in [7, 11) is 2.18. The van der Waals surface area contributed by atoms with Gasteiger partial charge in [-0.3, -0.25) is 10.9 Å². The molecule has 0 aromatic heterocycles. The molecule has 2 N–H and O–H groups in total. The number of fused-ring (bicyclic) bond motifs is 1. The van der Waals surface area contributed by atoms with E-state index in [1.807, 2.05) is 6.07 Å². The fourth-order valence-electron chi connectivity index (χ4n) is 3.36. The molecule has 1 aromatic carbocycles. The lowest BCUT2D eigenvalue weighted by Gasteiger charge is -2.23. The van der Waals surface area contributed by atoms with E-state index in [0.29, 0.717) is 31.2 Å². The first-order chi connectivity index (χ1) is 10.6. The van der Waals surface area contributed by atoms with Gasteiger partial charge in [0.2, 0.25) is 0 Å². The van der Waals surface area contributed by atoms with Gasteiger partial charge >= 0.3 is 0 Å². The molecule has 2 atom stereocenters. The highest BCUT2D eigenvalue weighted by Crippen LogP contribution is 2.31. The van der Waals surface area contributed by atoms with Crippen molar-refractivity contribution in [3.8, 4) is 11.5 Å². The molecule has 1 saturated heterocycles. The summed E-state index contributed by atoms with van der Waals surface area (Å²) in [6.45, 7) is 7.82. The molecular weight excluding hydrogens is 278 g/mol. The number of nitrogens with zero attached hydrogens (tertiary/aromatic N) is 1. The summed E-state index contributed by atoms with van der Waals surface area (Å²) >= 11 is 0. The van der Waals surface area contributed by atoms with E-state index in [9.17, 15) is 0 Å². The van der Waals surface area contributed by atoms with E-state index in [1.165, 1.54) is 12.0 Å². The van der Waals surface area contributed by atoms with Crippen molar-refractivity contribution in [3.63, 3.8) is 0 Å². The monoisotopic (exact) mass is 305 g/mol. The number of ether oxygens (including phenoxy) is 2. The van der Waals surface area contributed by atoms with Gasteiger partial charge in [0.15, 0.2) is 11.5 Å². The first-order valence-electron chi connectivity index (χ1n) is 8.21. The lowest BCUT2D eigenvalue weighted by molar-refractivity contribution is 0.171. The third-order valence-corrected chi connectivity index (χ3v) is 4.73. The Labute approximate surface area is 132 Å². The van der Waals surface area contributed by atoms with Crippen LogP contribution in [-0.4, -0.2) is 43.8 Å².